The summed E-state index contributed by atoms with van der Waals surface area (Å²) in [5.41, 5.74) is 10.6. The van der Waals surface area contributed by atoms with E-state index < -0.39 is 0 Å². The van der Waals surface area contributed by atoms with Gasteiger partial charge < -0.3 is 5.73 Å². The Balaban J connectivity index is 2.45. The van der Waals surface area contributed by atoms with E-state index in [1.54, 1.807) is 6.07 Å². The lowest BCUT2D eigenvalue weighted by molar-refractivity contribution is 1.24. The molecule has 0 spiro atoms. The second-order valence-corrected chi connectivity index (χ2v) is 4.57. The number of nitrogen functional groups attached to an aromatic ring is 1. The molecule has 0 bridgehead atoms. The minimum Gasteiger partial charge on any atom is -0.398 e. The molecule has 0 unspecified atom stereocenters. The zero-order chi connectivity index (χ0) is 13.1. The molecule has 2 aromatic rings. The smallest absolute Gasteiger partial charge is 0.0655 e. The van der Waals surface area contributed by atoms with E-state index in [0.29, 0.717) is 10.7 Å². The van der Waals surface area contributed by atoms with Gasteiger partial charge in [0.1, 0.15) is 0 Å². The molecule has 0 saturated carbocycles. The lowest BCUT2D eigenvalue weighted by Crippen LogP contribution is -1.91. The van der Waals surface area contributed by atoms with Gasteiger partial charge in [-0.2, -0.15) is 0 Å². The van der Waals surface area contributed by atoms with Crippen LogP contribution in [0.1, 0.15) is 18.2 Å². The van der Waals surface area contributed by atoms with Crippen LogP contribution < -0.4 is 5.73 Å². The zero-order valence-electron chi connectivity index (χ0n) is 10.4. The first-order valence-electron chi connectivity index (χ1n) is 5.76. The van der Waals surface area contributed by atoms with Gasteiger partial charge in [0.05, 0.1) is 16.4 Å². The van der Waals surface area contributed by atoms with Gasteiger partial charge in [-0.05, 0) is 49.2 Å². The molecule has 0 atom stereocenters. The summed E-state index contributed by atoms with van der Waals surface area (Å²) < 4.78 is 0. The number of nitrogens with zero attached hydrogens (tertiary/aromatic N) is 1. The standard InChI is InChI=1S/C15H15ClN2/c1-3-4-15-10(2)7-12(9-18-15)11-5-6-13(16)14(17)8-11/h3-9H,17H2,1-2H3/b4-3-. The SMILES string of the molecule is C/C=C\c1ncc(-c2ccc(Cl)c(N)c2)cc1C. The molecule has 1 aromatic heterocycles. The second-order valence-electron chi connectivity index (χ2n) is 4.16. The molecular formula is C15H15ClN2. The third kappa shape index (κ3) is 2.54. The first-order chi connectivity index (χ1) is 8.61. The quantitative estimate of drug-likeness (QED) is 0.815. The van der Waals surface area contributed by atoms with Crippen LogP contribution in [0.4, 0.5) is 5.69 Å². The predicted molar refractivity (Wildman–Crippen MR) is 78.5 cm³/mol. The normalized spacial score (nSPS) is 11.1. The van der Waals surface area contributed by atoms with E-state index in [1.165, 1.54) is 0 Å². The van der Waals surface area contributed by atoms with Crippen LogP contribution in [0, 0.1) is 6.92 Å². The predicted octanol–water partition coefficient (Wildman–Crippen LogP) is 4.33. The fourth-order valence-electron chi connectivity index (χ4n) is 1.80. The maximum absolute atomic E-state index is 5.92. The lowest BCUT2D eigenvalue weighted by atomic mass is 10.0. The first-order valence-corrected chi connectivity index (χ1v) is 6.14. The maximum atomic E-state index is 5.92. The van der Waals surface area contributed by atoms with Crippen molar-refractivity contribution in [3.63, 3.8) is 0 Å². The summed E-state index contributed by atoms with van der Waals surface area (Å²) in [6.45, 7) is 4.03. The molecule has 18 heavy (non-hydrogen) atoms. The minimum absolute atomic E-state index is 0.578. The van der Waals surface area contributed by atoms with E-state index in [2.05, 4.69) is 11.1 Å². The van der Waals surface area contributed by atoms with Crippen molar-refractivity contribution in [2.24, 2.45) is 0 Å². The molecule has 0 saturated heterocycles. The van der Waals surface area contributed by atoms with Gasteiger partial charge in [0.15, 0.2) is 0 Å². The summed E-state index contributed by atoms with van der Waals surface area (Å²) in [4.78, 5) is 4.44. The number of halogens is 1. The highest BCUT2D eigenvalue weighted by Gasteiger charge is 2.04. The summed E-state index contributed by atoms with van der Waals surface area (Å²) >= 11 is 5.92. The molecule has 0 amide bonds. The van der Waals surface area contributed by atoms with Crippen LogP contribution in [0.2, 0.25) is 5.02 Å². The first kappa shape index (κ1) is 12.7. The van der Waals surface area contributed by atoms with E-state index in [0.717, 1.165) is 22.4 Å². The Bertz CT molecular complexity index is 603. The Morgan fingerprint density at radius 2 is 2.00 bits per heavy atom. The number of hydrogen-bond donors (Lipinski definition) is 1. The molecule has 2 N–H and O–H groups in total. The molecule has 0 aliphatic heterocycles. The summed E-state index contributed by atoms with van der Waals surface area (Å²) in [5.74, 6) is 0. The minimum atomic E-state index is 0.578. The van der Waals surface area contributed by atoms with Crippen molar-refractivity contribution in [2.75, 3.05) is 5.73 Å². The number of pyridine rings is 1. The Labute approximate surface area is 112 Å². The van der Waals surface area contributed by atoms with Crippen molar-refractivity contribution in [1.29, 1.82) is 0 Å². The fraction of sp³-hybridized carbons (Fsp3) is 0.133. The Hall–Kier alpha value is -1.80. The molecule has 0 fully saturated rings. The highest BCUT2D eigenvalue weighted by molar-refractivity contribution is 6.33. The third-order valence-electron chi connectivity index (χ3n) is 2.77. The number of benzene rings is 1. The Kier molecular flexibility index (Phi) is 3.68. The lowest BCUT2D eigenvalue weighted by Gasteiger charge is -2.07. The third-order valence-corrected chi connectivity index (χ3v) is 3.12. The van der Waals surface area contributed by atoms with Gasteiger partial charge in [-0.3, -0.25) is 4.98 Å². The van der Waals surface area contributed by atoms with Crippen molar-refractivity contribution in [3.05, 3.63) is 52.8 Å². The molecule has 1 aromatic carbocycles. The van der Waals surface area contributed by atoms with Crippen LogP contribution in [0.3, 0.4) is 0 Å². The summed E-state index contributed by atoms with van der Waals surface area (Å²) in [7, 11) is 0. The second kappa shape index (κ2) is 5.23. The van der Waals surface area contributed by atoms with Gasteiger partial charge in [0.2, 0.25) is 0 Å². The number of nitrogens with two attached hydrogens (primary N) is 1. The summed E-state index contributed by atoms with van der Waals surface area (Å²) in [6.07, 6.45) is 5.83. The van der Waals surface area contributed by atoms with Crippen molar-refractivity contribution in [2.45, 2.75) is 13.8 Å². The van der Waals surface area contributed by atoms with Crippen LogP contribution in [-0.4, -0.2) is 4.98 Å². The average molecular weight is 259 g/mol. The Morgan fingerprint density at radius 1 is 1.22 bits per heavy atom. The molecule has 2 rings (SSSR count). The number of anilines is 1. The van der Waals surface area contributed by atoms with Gasteiger partial charge in [0, 0.05) is 11.8 Å². The highest BCUT2D eigenvalue weighted by Crippen LogP contribution is 2.27. The molecule has 2 nitrogen and oxygen atoms in total. The van der Waals surface area contributed by atoms with E-state index >= 15 is 0 Å². The van der Waals surface area contributed by atoms with Crippen molar-refractivity contribution in [1.82, 2.24) is 4.98 Å². The molecule has 0 radical (unpaired) electrons. The molecule has 1 heterocycles. The maximum Gasteiger partial charge on any atom is 0.0655 e. The number of rotatable bonds is 2. The molecule has 0 aliphatic carbocycles. The molecule has 0 aliphatic rings. The van der Waals surface area contributed by atoms with Crippen LogP contribution in [-0.2, 0) is 0 Å². The van der Waals surface area contributed by atoms with Gasteiger partial charge in [-0.15, -0.1) is 0 Å². The van der Waals surface area contributed by atoms with E-state index in [9.17, 15) is 0 Å². The van der Waals surface area contributed by atoms with E-state index in [1.807, 2.05) is 44.3 Å². The van der Waals surface area contributed by atoms with E-state index in [-0.39, 0.29) is 0 Å². The monoisotopic (exact) mass is 258 g/mol. The summed E-state index contributed by atoms with van der Waals surface area (Å²) in [6, 6.07) is 7.73. The van der Waals surface area contributed by atoms with Gasteiger partial charge >= 0.3 is 0 Å². The fourth-order valence-corrected chi connectivity index (χ4v) is 1.92. The van der Waals surface area contributed by atoms with Gasteiger partial charge in [-0.1, -0.05) is 23.7 Å². The molecule has 92 valence electrons. The summed E-state index contributed by atoms with van der Waals surface area (Å²) in [5, 5.41) is 0.578. The van der Waals surface area contributed by atoms with Gasteiger partial charge in [0.25, 0.3) is 0 Å². The number of aromatic nitrogens is 1. The largest absolute Gasteiger partial charge is 0.398 e. The number of hydrogen-bond acceptors (Lipinski definition) is 2. The molecule has 3 heteroatoms. The number of allylic oxidation sites excluding steroid dienone is 1. The van der Waals surface area contributed by atoms with Crippen molar-refractivity contribution >= 4 is 23.4 Å². The Morgan fingerprint density at radius 3 is 2.61 bits per heavy atom. The van der Waals surface area contributed by atoms with Crippen molar-refractivity contribution < 1.29 is 0 Å². The van der Waals surface area contributed by atoms with Crippen LogP contribution in [0.15, 0.2) is 36.5 Å². The topological polar surface area (TPSA) is 38.9 Å². The highest BCUT2D eigenvalue weighted by atomic mass is 35.5. The zero-order valence-corrected chi connectivity index (χ0v) is 11.2. The average Bonchev–Trinajstić information content (AvgIpc) is 2.35. The van der Waals surface area contributed by atoms with Crippen LogP contribution in [0.5, 0.6) is 0 Å². The van der Waals surface area contributed by atoms with E-state index in [4.69, 9.17) is 17.3 Å². The van der Waals surface area contributed by atoms with Gasteiger partial charge in [-0.25, -0.2) is 0 Å². The van der Waals surface area contributed by atoms with Crippen LogP contribution >= 0.6 is 11.6 Å². The van der Waals surface area contributed by atoms with Crippen LogP contribution in [0.25, 0.3) is 17.2 Å². The molecular weight excluding hydrogens is 244 g/mol. The van der Waals surface area contributed by atoms with Crippen molar-refractivity contribution in [3.8, 4) is 11.1 Å². The number of aryl methyl sites for hydroxylation is 1.